The fraction of sp³-hybridized carbons (Fsp3) is 0.972. The first-order valence-corrected chi connectivity index (χ1v) is 18.3. The number of aliphatic hydroxyl groups excluding tert-OH is 3. The molecule has 0 aromatic heterocycles. The molecular weight excluding hydrogens is 510 g/mol. The molecule has 3 atom stereocenters. The van der Waals surface area contributed by atoms with E-state index in [4.69, 9.17) is 0 Å². The average molecular weight is 584 g/mol. The first kappa shape index (κ1) is 40.4. The molecule has 246 valence electrons. The molecule has 0 aromatic rings. The fourth-order valence-corrected chi connectivity index (χ4v) is 5.78. The van der Waals surface area contributed by atoms with Gasteiger partial charge in [-0.3, -0.25) is 4.79 Å². The van der Waals surface area contributed by atoms with Gasteiger partial charge in [-0.05, 0) is 12.8 Å². The van der Waals surface area contributed by atoms with E-state index in [2.05, 4.69) is 19.2 Å². The van der Waals surface area contributed by atoms with Crippen LogP contribution in [0.2, 0.25) is 0 Å². The molecule has 5 heteroatoms. The minimum Gasteiger partial charge on any atom is -0.394 e. The number of carbonyl (C=O) groups excluding carboxylic acids is 1. The number of unbranched alkanes of at least 4 members (excludes halogenated alkanes) is 25. The molecular formula is C36H73NO4. The maximum atomic E-state index is 12.3. The molecule has 3 unspecified atom stereocenters. The van der Waals surface area contributed by atoms with E-state index in [1.807, 2.05) is 0 Å². The highest BCUT2D eigenvalue weighted by Gasteiger charge is 2.23. The van der Waals surface area contributed by atoms with Crippen LogP contribution in [0, 0.1) is 0 Å². The second-order valence-electron chi connectivity index (χ2n) is 12.8. The van der Waals surface area contributed by atoms with Gasteiger partial charge in [0.1, 0.15) is 6.10 Å². The molecule has 5 nitrogen and oxygen atoms in total. The average Bonchev–Trinajstić information content (AvgIpc) is 2.98. The lowest BCUT2D eigenvalue weighted by Crippen LogP contribution is -2.49. The van der Waals surface area contributed by atoms with Gasteiger partial charge in [-0.2, -0.15) is 0 Å². The predicted molar refractivity (Wildman–Crippen MR) is 176 cm³/mol. The Bertz CT molecular complexity index is 530. The Labute approximate surface area is 256 Å². The SMILES string of the molecule is CCCCCCCCCCCCCCCCCCCCCC(O)C(CO)NC(=O)C(O)CCCCCCCCCC. The van der Waals surface area contributed by atoms with Crippen molar-refractivity contribution in [1.29, 1.82) is 0 Å². The summed E-state index contributed by atoms with van der Waals surface area (Å²) in [6, 6.07) is -0.703. The number of hydrogen-bond donors (Lipinski definition) is 4. The lowest BCUT2D eigenvalue weighted by Gasteiger charge is -2.23. The Kier molecular flexibility index (Phi) is 31.8. The van der Waals surface area contributed by atoms with Gasteiger partial charge in [-0.1, -0.05) is 187 Å². The Balaban J connectivity index is 3.59. The maximum Gasteiger partial charge on any atom is 0.249 e. The fourth-order valence-electron chi connectivity index (χ4n) is 5.78. The highest BCUT2D eigenvalue weighted by Crippen LogP contribution is 2.16. The molecule has 0 spiro atoms. The van der Waals surface area contributed by atoms with Gasteiger partial charge in [0.25, 0.3) is 0 Å². The smallest absolute Gasteiger partial charge is 0.249 e. The van der Waals surface area contributed by atoms with Crippen LogP contribution < -0.4 is 5.32 Å². The van der Waals surface area contributed by atoms with Crippen molar-refractivity contribution in [1.82, 2.24) is 5.32 Å². The van der Waals surface area contributed by atoms with Crippen LogP contribution in [0.15, 0.2) is 0 Å². The molecule has 0 aliphatic rings. The lowest BCUT2D eigenvalue weighted by atomic mass is 10.0. The summed E-state index contributed by atoms with van der Waals surface area (Å²) in [5.41, 5.74) is 0. The van der Waals surface area contributed by atoms with E-state index in [1.165, 1.54) is 141 Å². The minimum absolute atomic E-state index is 0.309. The van der Waals surface area contributed by atoms with E-state index >= 15 is 0 Å². The predicted octanol–water partition coefficient (Wildman–Crippen LogP) is 9.54. The summed E-state index contributed by atoms with van der Waals surface area (Å²) in [5.74, 6) is -0.473. The third-order valence-electron chi connectivity index (χ3n) is 8.73. The van der Waals surface area contributed by atoms with E-state index in [1.54, 1.807) is 0 Å². The normalized spacial score (nSPS) is 13.8. The van der Waals surface area contributed by atoms with Crippen LogP contribution in [0.5, 0.6) is 0 Å². The minimum atomic E-state index is -1.06. The Morgan fingerprint density at radius 3 is 1.10 bits per heavy atom. The Hall–Kier alpha value is -0.650. The molecule has 4 N–H and O–H groups in total. The summed E-state index contributed by atoms with van der Waals surface area (Å²) >= 11 is 0. The zero-order valence-corrected chi connectivity index (χ0v) is 27.7. The summed E-state index contributed by atoms with van der Waals surface area (Å²) < 4.78 is 0. The third kappa shape index (κ3) is 27.9. The maximum absolute atomic E-state index is 12.3. The van der Waals surface area contributed by atoms with Crippen molar-refractivity contribution in [2.24, 2.45) is 0 Å². The van der Waals surface area contributed by atoms with Crippen LogP contribution in [0.4, 0.5) is 0 Å². The van der Waals surface area contributed by atoms with Gasteiger partial charge in [0.2, 0.25) is 5.91 Å². The van der Waals surface area contributed by atoms with Gasteiger partial charge in [0.05, 0.1) is 18.8 Å². The van der Waals surface area contributed by atoms with Crippen LogP contribution in [0.25, 0.3) is 0 Å². The van der Waals surface area contributed by atoms with Crippen molar-refractivity contribution in [2.45, 2.75) is 218 Å². The molecule has 0 aliphatic heterocycles. The number of amides is 1. The van der Waals surface area contributed by atoms with Crippen molar-refractivity contribution in [2.75, 3.05) is 6.61 Å². The molecule has 41 heavy (non-hydrogen) atoms. The van der Waals surface area contributed by atoms with Crippen LogP contribution in [-0.2, 0) is 4.79 Å². The highest BCUT2D eigenvalue weighted by atomic mass is 16.3. The van der Waals surface area contributed by atoms with E-state index < -0.39 is 24.2 Å². The second-order valence-corrected chi connectivity index (χ2v) is 12.8. The zero-order valence-electron chi connectivity index (χ0n) is 27.7. The molecule has 0 aliphatic carbocycles. The van der Waals surface area contributed by atoms with Gasteiger partial charge in [0, 0.05) is 0 Å². The summed E-state index contributed by atoms with van der Waals surface area (Å²) in [6.07, 6.45) is 33.9. The largest absolute Gasteiger partial charge is 0.394 e. The molecule has 0 saturated heterocycles. The van der Waals surface area contributed by atoms with Crippen molar-refractivity contribution in [3.05, 3.63) is 0 Å². The summed E-state index contributed by atoms with van der Waals surface area (Å²) in [5, 5.41) is 33.0. The molecule has 0 bridgehead atoms. The molecule has 1 amide bonds. The molecule has 0 aromatic carbocycles. The number of rotatable bonds is 33. The third-order valence-corrected chi connectivity index (χ3v) is 8.73. The van der Waals surface area contributed by atoms with Crippen molar-refractivity contribution in [3.63, 3.8) is 0 Å². The van der Waals surface area contributed by atoms with Crippen molar-refractivity contribution >= 4 is 5.91 Å². The standard InChI is InChI=1S/C36H73NO4/c1-3-5-7-9-11-13-14-15-16-17-18-19-20-21-22-23-25-26-28-30-34(39)33(32-38)37-36(41)35(40)31-29-27-24-12-10-8-6-4-2/h33-35,38-40H,3-32H2,1-2H3,(H,37,41). The van der Waals surface area contributed by atoms with Gasteiger partial charge < -0.3 is 20.6 Å². The quantitative estimate of drug-likeness (QED) is 0.0579. The van der Waals surface area contributed by atoms with Crippen LogP contribution >= 0.6 is 0 Å². The first-order valence-electron chi connectivity index (χ1n) is 18.3. The number of hydrogen-bond acceptors (Lipinski definition) is 4. The number of aliphatic hydroxyl groups is 3. The van der Waals surface area contributed by atoms with Gasteiger partial charge >= 0.3 is 0 Å². The van der Waals surface area contributed by atoms with E-state index in [0.29, 0.717) is 12.8 Å². The first-order chi connectivity index (χ1) is 20.1. The molecule has 0 rings (SSSR count). The highest BCUT2D eigenvalue weighted by molar-refractivity contribution is 5.80. The Morgan fingerprint density at radius 2 is 0.780 bits per heavy atom. The zero-order chi connectivity index (χ0) is 30.2. The molecule has 0 saturated carbocycles. The number of nitrogens with one attached hydrogen (secondary N) is 1. The van der Waals surface area contributed by atoms with Crippen LogP contribution in [0.3, 0.4) is 0 Å². The van der Waals surface area contributed by atoms with Gasteiger partial charge in [-0.15, -0.1) is 0 Å². The monoisotopic (exact) mass is 584 g/mol. The summed E-state index contributed by atoms with van der Waals surface area (Å²) in [6.45, 7) is 4.19. The number of carbonyl (C=O) groups is 1. The molecule has 0 radical (unpaired) electrons. The van der Waals surface area contributed by atoms with E-state index in [9.17, 15) is 20.1 Å². The molecule has 0 fully saturated rings. The van der Waals surface area contributed by atoms with Crippen LogP contribution in [0.1, 0.15) is 200 Å². The van der Waals surface area contributed by atoms with Crippen molar-refractivity contribution in [3.8, 4) is 0 Å². The van der Waals surface area contributed by atoms with Crippen LogP contribution in [-0.4, -0.2) is 46.1 Å². The second kappa shape index (κ2) is 32.3. The van der Waals surface area contributed by atoms with Gasteiger partial charge in [-0.25, -0.2) is 0 Å². The summed E-state index contributed by atoms with van der Waals surface area (Å²) in [7, 11) is 0. The summed E-state index contributed by atoms with van der Waals surface area (Å²) in [4.78, 5) is 12.3. The topological polar surface area (TPSA) is 89.8 Å². The van der Waals surface area contributed by atoms with Crippen molar-refractivity contribution < 1.29 is 20.1 Å². The molecule has 0 heterocycles. The van der Waals surface area contributed by atoms with E-state index in [0.717, 1.165) is 32.1 Å². The Morgan fingerprint density at radius 1 is 0.488 bits per heavy atom. The van der Waals surface area contributed by atoms with E-state index in [-0.39, 0.29) is 6.61 Å². The lowest BCUT2D eigenvalue weighted by molar-refractivity contribution is -0.131. The van der Waals surface area contributed by atoms with Gasteiger partial charge in [0.15, 0.2) is 0 Å².